The second-order valence-corrected chi connectivity index (χ2v) is 6.76. The van der Waals surface area contributed by atoms with Gasteiger partial charge in [-0.2, -0.15) is 5.10 Å². The Morgan fingerprint density at radius 2 is 1.93 bits per heavy atom. The predicted octanol–water partition coefficient (Wildman–Crippen LogP) is 3.24. The van der Waals surface area contributed by atoms with Crippen LogP contribution in [0.25, 0.3) is 0 Å². The highest BCUT2D eigenvalue weighted by molar-refractivity contribution is 6.32. The number of aryl methyl sites for hydroxylation is 1. The summed E-state index contributed by atoms with van der Waals surface area (Å²) in [6.45, 7) is 8.02. The number of hydrogen-bond donors (Lipinski definition) is 2. The van der Waals surface area contributed by atoms with E-state index in [0.717, 1.165) is 25.1 Å². The lowest BCUT2D eigenvalue weighted by molar-refractivity contribution is -0.159. The molecule has 0 aliphatic carbocycles. The topological polar surface area (TPSA) is 115 Å². The van der Waals surface area contributed by atoms with Crippen LogP contribution in [0.5, 0.6) is 5.75 Å². The smallest absolute Gasteiger partial charge is 0.414 e. The third-order valence-electron chi connectivity index (χ3n) is 4.04. The highest BCUT2D eigenvalue weighted by Crippen LogP contribution is 2.33. The molecule has 1 aromatic carbocycles. The van der Waals surface area contributed by atoms with Crippen molar-refractivity contribution >= 4 is 23.5 Å². The molecule has 0 aliphatic rings. The summed E-state index contributed by atoms with van der Waals surface area (Å²) >= 11 is 6.32. The Labute approximate surface area is 162 Å². The fourth-order valence-electron chi connectivity index (χ4n) is 2.00. The van der Waals surface area contributed by atoms with E-state index in [2.05, 4.69) is 36.9 Å². The van der Waals surface area contributed by atoms with Gasteiger partial charge in [-0.15, -0.1) is 0 Å². The SMILES string of the molecule is CCC(C)(C)c1ccc(OCCCn2cncn2)c(Cl)c1.O=C(O)C(=O)O. The van der Waals surface area contributed by atoms with Gasteiger partial charge in [0, 0.05) is 13.0 Å². The van der Waals surface area contributed by atoms with Crippen LogP contribution in [0.15, 0.2) is 30.9 Å². The Morgan fingerprint density at radius 1 is 1.26 bits per heavy atom. The first-order valence-electron chi connectivity index (χ1n) is 8.38. The number of aliphatic carboxylic acids is 2. The van der Waals surface area contributed by atoms with E-state index in [1.807, 2.05) is 12.1 Å². The molecule has 2 N–H and O–H groups in total. The minimum atomic E-state index is -1.82. The van der Waals surface area contributed by atoms with Crippen LogP contribution >= 0.6 is 11.6 Å². The maximum absolute atomic E-state index is 9.10. The van der Waals surface area contributed by atoms with Crippen LogP contribution < -0.4 is 4.74 Å². The number of carbonyl (C=O) groups is 2. The summed E-state index contributed by atoms with van der Waals surface area (Å²) in [5.41, 5.74) is 1.37. The molecule has 1 aromatic heterocycles. The average molecular weight is 398 g/mol. The molecule has 148 valence electrons. The molecule has 0 atom stereocenters. The molecular weight excluding hydrogens is 374 g/mol. The van der Waals surface area contributed by atoms with Crippen LogP contribution in [0.1, 0.15) is 39.2 Å². The Bertz CT molecular complexity index is 735. The van der Waals surface area contributed by atoms with Crippen molar-refractivity contribution in [2.45, 2.75) is 45.6 Å². The summed E-state index contributed by atoms with van der Waals surface area (Å²) in [7, 11) is 0. The molecule has 27 heavy (non-hydrogen) atoms. The lowest BCUT2D eigenvalue weighted by Gasteiger charge is -2.24. The van der Waals surface area contributed by atoms with Crippen LogP contribution in [0.4, 0.5) is 0 Å². The molecule has 0 radical (unpaired) electrons. The molecule has 9 heteroatoms. The lowest BCUT2D eigenvalue weighted by Crippen LogP contribution is -2.15. The normalized spacial score (nSPS) is 10.7. The summed E-state index contributed by atoms with van der Waals surface area (Å²) in [5.74, 6) is -2.91. The van der Waals surface area contributed by atoms with E-state index in [1.54, 1.807) is 11.0 Å². The molecule has 0 amide bonds. The second kappa shape index (κ2) is 10.5. The van der Waals surface area contributed by atoms with Crippen LogP contribution in [-0.4, -0.2) is 43.5 Å². The zero-order valence-electron chi connectivity index (χ0n) is 15.6. The maximum atomic E-state index is 9.10. The molecule has 0 saturated carbocycles. The van der Waals surface area contributed by atoms with Gasteiger partial charge in [0.2, 0.25) is 0 Å². The Hall–Kier alpha value is -2.61. The quantitative estimate of drug-likeness (QED) is 0.544. The van der Waals surface area contributed by atoms with Gasteiger partial charge in [-0.3, -0.25) is 4.68 Å². The summed E-state index contributed by atoms with van der Waals surface area (Å²) < 4.78 is 7.53. The molecule has 2 aromatic rings. The van der Waals surface area contributed by atoms with Crippen LogP contribution in [0, 0.1) is 0 Å². The number of rotatable bonds is 7. The monoisotopic (exact) mass is 397 g/mol. The van der Waals surface area contributed by atoms with Crippen molar-refractivity contribution in [3.05, 3.63) is 41.4 Å². The molecule has 1 heterocycles. The van der Waals surface area contributed by atoms with Gasteiger partial charge >= 0.3 is 11.9 Å². The van der Waals surface area contributed by atoms with E-state index < -0.39 is 11.9 Å². The molecule has 0 saturated heterocycles. The number of nitrogens with zero attached hydrogens (tertiary/aromatic N) is 3. The Morgan fingerprint density at radius 3 is 2.41 bits per heavy atom. The van der Waals surface area contributed by atoms with E-state index in [-0.39, 0.29) is 5.41 Å². The van der Waals surface area contributed by atoms with Crippen LogP contribution in [-0.2, 0) is 21.5 Å². The van der Waals surface area contributed by atoms with Gasteiger partial charge in [0.1, 0.15) is 18.4 Å². The van der Waals surface area contributed by atoms with E-state index >= 15 is 0 Å². The Balaban J connectivity index is 0.000000527. The van der Waals surface area contributed by atoms with E-state index in [4.69, 9.17) is 36.1 Å². The first-order valence-corrected chi connectivity index (χ1v) is 8.76. The van der Waals surface area contributed by atoms with Gasteiger partial charge in [0.25, 0.3) is 0 Å². The third kappa shape index (κ3) is 7.65. The van der Waals surface area contributed by atoms with Gasteiger partial charge in [0.15, 0.2) is 0 Å². The number of carboxylic acid groups (broad SMARTS) is 2. The van der Waals surface area contributed by atoms with Crippen LogP contribution in [0.2, 0.25) is 5.02 Å². The largest absolute Gasteiger partial charge is 0.492 e. The van der Waals surface area contributed by atoms with E-state index in [1.165, 1.54) is 11.9 Å². The summed E-state index contributed by atoms with van der Waals surface area (Å²) in [5, 5.41) is 19.5. The van der Waals surface area contributed by atoms with Crippen molar-refractivity contribution in [1.82, 2.24) is 14.8 Å². The number of ether oxygens (including phenoxy) is 1. The first-order chi connectivity index (χ1) is 12.7. The molecule has 0 bridgehead atoms. The standard InChI is InChI=1S/C16H22ClN3O.C2H2O4/c1-4-16(2,3)13-6-7-15(14(17)10-13)21-9-5-8-20-12-18-11-19-20;3-1(4)2(5)6/h6-7,10-12H,4-5,8-9H2,1-3H3;(H,3,4)(H,5,6). The molecule has 0 spiro atoms. The van der Waals surface area contributed by atoms with Gasteiger partial charge in [-0.1, -0.05) is 38.4 Å². The number of aromatic nitrogens is 3. The molecule has 0 fully saturated rings. The molecule has 0 aliphatic heterocycles. The predicted molar refractivity (Wildman–Crippen MR) is 100 cm³/mol. The summed E-state index contributed by atoms with van der Waals surface area (Å²) in [6.07, 6.45) is 5.17. The van der Waals surface area contributed by atoms with E-state index in [0.29, 0.717) is 11.6 Å². The first kappa shape index (κ1) is 22.4. The average Bonchev–Trinajstić information content (AvgIpc) is 3.13. The maximum Gasteiger partial charge on any atom is 0.414 e. The van der Waals surface area contributed by atoms with Gasteiger partial charge in [-0.25, -0.2) is 14.6 Å². The van der Waals surface area contributed by atoms with Crippen molar-refractivity contribution in [3.63, 3.8) is 0 Å². The highest BCUT2D eigenvalue weighted by Gasteiger charge is 2.19. The minimum absolute atomic E-state index is 0.134. The van der Waals surface area contributed by atoms with Gasteiger partial charge in [0.05, 0.1) is 11.6 Å². The minimum Gasteiger partial charge on any atom is -0.492 e. The number of benzene rings is 1. The zero-order valence-corrected chi connectivity index (χ0v) is 16.3. The zero-order chi connectivity index (χ0) is 20.4. The fourth-order valence-corrected chi connectivity index (χ4v) is 2.23. The lowest BCUT2D eigenvalue weighted by atomic mass is 9.82. The van der Waals surface area contributed by atoms with Crippen molar-refractivity contribution < 1.29 is 24.5 Å². The molecular formula is C18H24ClN3O5. The van der Waals surface area contributed by atoms with Crippen molar-refractivity contribution in [2.75, 3.05) is 6.61 Å². The van der Waals surface area contributed by atoms with E-state index in [9.17, 15) is 0 Å². The second-order valence-electron chi connectivity index (χ2n) is 6.35. The van der Waals surface area contributed by atoms with Gasteiger partial charge < -0.3 is 14.9 Å². The summed E-state index contributed by atoms with van der Waals surface area (Å²) in [4.78, 5) is 22.1. The third-order valence-corrected chi connectivity index (χ3v) is 4.33. The molecule has 8 nitrogen and oxygen atoms in total. The van der Waals surface area contributed by atoms with Gasteiger partial charge in [-0.05, 0) is 29.5 Å². The molecule has 2 rings (SSSR count). The van der Waals surface area contributed by atoms with Crippen LogP contribution in [0.3, 0.4) is 0 Å². The van der Waals surface area contributed by atoms with Crippen molar-refractivity contribution in [3.8, 4) is 5.75 Å². The summed E-state index contributed by atoms with van der Waals surface area (Å²) in [6, 6.07) is 6.07. The Kier molecular flexibility index (Phi) is 8.74. The highest BCUT2D eigenvalue weighted by atomic mass is 35.5. The fraction of sp³-hybridized carbons (Fsp3) is 0.444. The number of halogens is 1. The number of carboxylic acids is 2. The molecule has 0 unspecified atom stereocenters. The van der Waals surface area contributed by atoms with Crippen molar-refractivity contribution in [1.29, 1.82) is 0 Å². The van der Waals surface area contributed by atoms with Crippen molar-refractivity contribution in [2.24, 2.45) is 0 Å². The number of hydrogen-bond acceptors (Lipinski definition) is 5.